The molecule has 2 saturated carbocycles. The molecule has 3 atom stereocenters. The molecule has 0 aliphatic heterocycles. The summed E-state index contributed by atoms with van der Waals surface area (Å²) in [5.41, 5.74) is 1.02. The van der Waals surface area contributed by atoms with Gasteiger partial charge in [0.2, 0.25) is 5.91 Å². The second-order valence-electron chi connectivity index (χ2n) is 7.18. The molecule has 1 aromatic heterocycles. The summed E-state index contributed by atoms with van der Waals surface area (Å²) in [5.74, 6) is 2.95. The Kier molecular flexibility index (Phi) is 4.31. The molecular formula is C19H22ClN3O. The van der Waals surface area contributed by atoms with Crippen LogP contribution in [-0.4, -0.2) is 15.7 Å². The summed E-state index contributed by atoms with van der Waals surface area (Å²) in [6.45, 7) is 0.599. The fourth-order valence-electron chi connectivity index (χ4n) is 4.38. The van der Waals surface area contributed by atoms with E-state index in [-0.39, 0.29) is 5.91 Å². The van der Waals surface area contributed by atoms with Gasteiger partial charge in [0.25, 0.3) is 0 Å². The van der Waals surface area contributed by atoms with E-state index in [4.69, 9.17) is 11.6 Å². The number of fused-ring (bicyclic) bond motifs is 2. The third-order valence-corrected chi connectivity index (χ3v) is 5.90. The third kappa shape index (κ3) is 3.34. The number of aromatic nitrogens is 2. The summed E-state index contributed by atoms with van der Waals surface area (Å²) >= 11 is 6.18. The van der Waals surface area contributed by atoms with Gasteiger partial charge in [0.05, 0.1) is 6.54 Å². The molecule has 2 fully saturated rings. The van der Waals surface area contributed by atoms with Crippen LogP contribution >= 0.6 is 11.6 Å². The summed E-state index contributed by atoms with van der Waals surface area (Å²) in [5, 5.41) is 8.11. The zero-order valence-electron chi connectivity index (χ0n) is 13.6. The zero-order chi connectivity index (χ0) is 16.5. The van der Waals surface area contributed by atoms with Crippen LogP contribution in [0.4, 0.5) is 5.82 Å². The molecular weight excluding hydrogens is 322 g/mol. The largest absolute Gasteiger partial charge is 0.309 e. The standard InChI is InChI=1S/C19H22ClN3O/c20-17-4-2-1-3-15(17)12-23-8-7-18(22-23)21-19(24)11-16-10-13-5-6-14(16)9-13/h1-4,7-8,13-14,16H,5-6,9-12H2,(H,21,22,24). The number of nitrogens with zero attached hydrogens (tertiary/aromatic N) is 2. The smallest absolute Gasteiger partial charge is 0.225 e. The Labute approximate surface area is 147 Å². The number of anilines is 1. The number of halogens is 1. The number of benzene rings is 1. The van der Waals surface area contributed by atoms with Crippen LogP contribution in [0, 0.1) is 17.8 Å². The quantitative estimate of drug-likeness (QED) is 0.877. The van der Waals surface area contributed by atoms with Crippen molar-refractivity contribution in [3.63, 3.8) is 0 Å². The van der Waals surface area contributed by atoms with Gasteiger partial charge in [-0.2, -0.15) is 5.10 Å². The first kappa shape index (κ1) is 15.7. The van der Waals surface area contributed by atoms with E-state index < -0.39 is 0 Å². The lowest BCUT2D eigenvalue weighted by Gasteiger charge is -2.20. The van der Waals surface area contributed by atoms with E-state index in [2.05, 4.69) is 10.4 Å². The van der Waals surface area contributed by atoms with Gasteiger partial charge in [-0.15, -0.1) is 0 Å². The number of carbonyl (C=O) groups excluding carboxylic acids is 1. The lowest BCUT2D eigenvalue weighted by atomic mass is 9.86. The van der Waals surface area contributed by atoms with Gasteiger partial charge in [-0.3, -0.25) is 9.48 Å². The minimum atomic E-state index is 0.0931. The number of hydrogen-bond donors (Lipinski definition) is 1. The van der Waals surface area contributed by atoms with Crippen LogP contribution in [0.3, 0.4) is 0 Å². The lowest BCUT2D eigenvalue weighted by molar-refractivity contribution is -0.117. The number of amides is 1. The number of hydrogen-bond acceptors (Lipinski definition) is 2. The van der Waals surface area contributed by atoms with E-state index >= 15 is 0 Å². The van der Waals surface area contributed by atoms with E-state index in [9.17, 15) is 4.79 Å². The molecule has 2 aromatic rings. The Morgan fingerprint density at radius 1 is 1.25 bits per heavy atom. The van der Waals surface area contributed by atoms with E-state index in [0.717, 1.165) is 22.4 Å². The van der Waals surface area contributed by atoms with Gasteiger partial charge in [-0.25, -0.2) is 0 Å². The Morgan fingerprint density at radius 3 is 2.88 bits per heavy atom. The minimum absolute atomic E-state index is 0.0931. The summed E-state index contributed by atoms with van der Waals surface area (Å²) in [7, 11) is 0. The molecule has 2 aliphatic rings. The van der Waals surface area contributed by atoms with Crippen molar-refractivity contribution in [3.05, 3.63) is 47.1 Å². The Morgan fingerprint density at radius 2 is 2.12 bits per heavy atom. The Bertz CT molecular complexity index is 742. The Balaban J connectivity index is 1.33. The van der Waals surface area contributed by atoms with Crippen molar-refractivity contribution < 1.29 is 4.79 Å². The van der Waals surface area contributed by atoms with Gasteiger partial charge in [-0.1, -0.05) is 36.2 Å². The van der Waals surface area contributed by atoms with Crippen molar-refractivity contribution in [1.82, 2.24) is 9.78 Å². The van der Waals surface area contributed by atoms with Gasteiger partial charge in [-0.05, 0) is 48.6 Å². The molecule has 0 radical (unpaired) electrons. The summed E-state index contributed by atoms with van der Waals surface area (Å²) in [4.78, 5) is 12.3. The highest BCUT2D eigenvalue weighted by Crippen LogP contribution is 2.49. The molecule has 1 amide bonds. The van der Waals surface area contributed by atoms with Crippen LogP contribution in [0.15, 0.2) is 36.5 Å². The van der Waals surface area contributed by atoms with Crippen LogP contribution < -0.4 is 5.32 Å². The molecule has 4 rings (SSSR count). The highest BCUT2D eigenvalue weighted by Gasteiger charge is 2.40. The zero-order valence-corrected chi connectivity index (χ0v) is 14.4. The van der Waals surface area contributed by atoms with Gasteiger partial charge < -0.3 is 5.32 Å². The maximum atomic E-state index is 12.3. The predicted molar refractivity (Wildman–Crippen MR) is 95.0 cm³/mol. The van der Waals surface area contributed by atoms with Crippen LogP contribution in [0.2, 0.25) is 5.02 Å². The first-order chi connectivity index (χ1) is 11.7. The lowest BCUT2D eigenvalue weighted by Crippen LogP contribution is -2.20. The molecule has 126 valence electrons. The topological polar surface area (TPSA) is 46.9 Å². The van der Waals surface area contributed by atoms with Gasteiger partial charge in [0.15, 0.2) is 5.82 Å². The highest BCUT2D eigenvalue weighted by atomic mass is 35.5. The first-order valence-corrected chi connectivity index (χ1v) is 9.12. The molecule has 2 bridgehead atoms. The van der Waals surface area contributed by atoms with Crippen molar-refractivity contribution in [2.45, 2.75) is 38.6 Å². The summed E-state index contributed by atoms with van der Waals surface area (Å²) < 4.78 is 1.80. The summed E-state index contributed by atoms with van der Waals surface area (Å²) in [6, 6.07) is 9.57. The van der Waals surface area contributed by atoms with Gasteiger partial charge >= 0.3 is 0 Å². The fraction of sp³-hybridized carbons (Fsp3) is 0.474. The van der Waals surface area contributed by atoms with Gasteiger partial charge in [0, 0.05) is 23.7 Å². The molecule has 5 heteroatoms. The fourth-order valence-corrected chi connectivity index (χ4v) is 4.57. The first-order valence-electron chi connectivity index (χ1n) is 8.74. The van der Waals surface area contributed by atoms with Crippen LogP contribution in [0.5, 0.6) is 0 Å². The Hall–Kier alpha value is -1.81. The maximum absolute atomic E-state index is 12.3. The van der Waals surface area contributed by atoms with E-state index in [0.29, 0.717) is 24.7 Å². The molecule has 1 aromatic carbocycles. The van der Waals surface area contributed by atoms with Crippen molar-refractivity contribution >= 4 is 23.3 Å². The average molecular weight is 344 g/mol. The number of carbonyl (C=O) groups is 1. The molecule has 1 heterocycles. The molecule has 0 saturated heterocycles. The SMILES string of the molecule is O=C(CC1CC2CCC1C2)Nc1ccn(Cc2ccccc2Cl)n1. The van der Waals surface area contributed by atoms with Crippen molar-refractivity contribution in [2.75, 3.05) is 5.32 Å². The van der Waals surface area contributed by atoms with E-state index in [1.165, 1.54) is 25.7 Å². The molecule has 0 spiro atoms. The minimum Gasteiger partial charge on any atom is -0.309 e. The maximum Gasteiger partial charge on any atom is 0.225 e. The number of rotatable bonds is 5. The van der Waals surface area contributed by atoms with Crippen molar-refractivity contribution in [1.29, 1.82) is 0 Å². The van der Waals surface area contributed by atoms with Crippen LogP contribution in [0.1, 0.15) is 37.7 Å². The molecule has 24 heavy (non-hydrogen) atoms. The van der Waals surface area contributed by atoms with Crippen LogP contribution in [0.25, 0.3) is 0 Å². The van der Waals surface area contributed by atoms with Crippen molar-refractivity contribution in [3.8, 4) is 0 Å². The molecule has 3 unspecified atom stereocenters. The van der Waals surface area contributed by atoms with E-state index in [1.807, 2.05) is 36.5 Å². The van der Waals surface area contributed by atoms with E-state index in [1.54, 1.807) is 4.68 Å². The molecule has 2 aliphatic carbocycles. The molecule has 1 N–H and O–H groups in total. The second-order valence-corrected chi connectivity index (χ2v) is 7.58. The normalized spacial score (nSPS) is 25.1. The highest BCUT2D eigenvalue weighted by molar-refractivity contribution is 6.31. The second kappa shape index (κ2) is 6.60. The molecule has 4 nitrogen and oxygen atoms in total. The van der Waals surface area contributed by atoms with Crippen LogP contribution in [-0.2, 0) is 11.3 Å². The number of nitrogens with one attached hydrogen (secondary N) is 1. The predicted octanol–water partition coefficient (Wildman–Crippen LogP) is 4.35. The third-order valence-electron chi connectivity index (χ3n) is 5.53. The van der Waals surface area contributed by atoms with Gasteiger partial charge in [0.1, 0.15) is 0 Å². The average Bonchev–Trinajstić information content (AvgIpc) is 3.27. The summed E-state index contributed by atoms with van der Waals surface area (Å²) in [6.07, 6.45) is 7.77. The van der Waals surface area contributed by atoms with Crippen molar-refractivity contribution in [2.24, 2.45) is 17.8 Å². The monoisotopic (exact) mass is 343 g/mol.